The SMILES string of the molecule is CCCCC(CC)(C(=O)OCC)C1([N+](=O)[O-])N=CC=N1. The van der Waals surface area contributed by atoms with Gasteiger partial charge in [-0.05, 0) is 19.8 Å². The molecule has 0 bridgehead atoms. The van der Waals surface area contributed by atoms with Crippen LogP contribution in [-0.4, -0.2) is 35.7 Å². The quantitative estimate of drug-likeness (QED) is 0.387. The van der Waals surface area contributed by atoms with Crippen LogP contribution in [0.25, 0.3) is 0 Å². The molecule has 1 atom stereocenters. The fourth-order valence-corrected chi connectivity index (χ4v) is 2.54. The normalized spacial score (nSPS) is 18.8. The van der Waals surface area contributed by atoms with Gasteiger partial charge in [-0.25, -0.2) is 0 Å². The second-order valence-electron chi connectivity index (χ2n) is 4.71. The highest BCUT2D eigenvalue weighted by atomic mass is 16.6. The zero-order chi connectivity index (χ0) is 15.2. The summed E-state index contributed by atoms with van der Waals surface area (Å²) in [4.78, 5) is 31.3. The molecule has 0 fully saturated rings. The molecule has 0 spiro atoms. The minimum atomic E-state index is -1.98. The third-order valence-electron chi connectivity index (χ3n) is 3.70. The van der Waals surface area contributed by atoms with Crippen molar-refractivity contribution in [2.75, 3.05) is 6.61 Å². The molecule has 0 N–H and O–H groups in total. The molecule has 0 saturated heterocycles. The molecule has 1 heterocycles. The van der Waals surface area contributed by atoms with Crippen LogP contribution in [0.4, 0.5) is 0 Å². The van der Waals surface area contributed by atoms with Gasteiger partial charge in [0.2, 0.25) is 0 Å². The van der Waals surface area contributed by atoms with E-state index in [9.17, 15) is 14.9 Å². The molecule has 0 aromatic rings. The van der Waals surface area contributed by atoms with Crippen LogP contribution in [0.1, 0.15) is 46.5 Å². The van der Waals surface area contributed by atoms with E-state index >= 15 is 0 Å². The van der Waals surface area contributed by atoms with E-state index in [2.05, 4.69) is 9.98 Å². The molecule has 0 aliphatic carbocycles. The lowest BCUT2D eigenvalue weighted by molar-refractivity contribution is -0.584. The number of nitrogens with zero attached hydrogens (tertiary/aromatic N) is 3. The molecule has 1 aliphatic heterocycles. The average molecular weight is 283 g/mol. The third kappa shape index (κ3) is 2.44. The van der Waals surface area contributed by atoms with Crippen molar-refractivity contribution in [2.45, 2.75) is 52.2 Å². The smallest absolute Gasteiger partial charge is 0.427 e. The van der Waals surface area contributed by atoms with Crippen molar-refractivity contribution in [3.05, 3.63) is 10.1 Å². The van der Waals surface area contributed by atoms with E-state index in [1.54, 1.807) is 13.8 Å². The molecular weight excluding hydrogens is 262 g/mol. The summed E-state index contributed by atoms with van der Waals surface area (Å²) in [6.45, 7) is 5.55. The number of unbranched alkanes of at least 4 members (excludes halogenated alkanes) is 1. The van der Waals surface area contributed by atoms with Gasteiger partial charge in [0.1, 0.15) is 0 Å². The molecule has 0 aromatic carbocycles. The lowest BCUT2D eigenvalue weighted by atomic mass is 9.74. The van der Waals surface area contributed by atoms with E-state index < -0.39 is 22.1 Å². The Kier molecular flexibility index (Phi) is 5.35. The number of aliphatic imine (C=N–C) groups is 2. The minimum absolute atomic E-state index is 0.175. The zero-order valence-corrected chi connectivity index (χ0v) is 12.2. The van der Waals surface area contributed by atoms with E-state index in [0.29, 0.717) is 12.8 Å². The molecule has 1 rings (SSSR count). The van der Waals surface area contributed by atoms with E-state index in [0.717, 1.165) is 6.42 Å². The van der Waals surface area contributed by atoms with E-state index in [1.807, 2.05) is 6.92 Å². The van der Waals surface area contributed by atoms with Crippen LogP contribution in [0.15, 0.2) is 9.98 Å². The fourth-order valence-electron chi connectivity index (χ4n) is 2.54. The van der Waals surface area contributed by atoms with Crippen molar-refractivity contribution in [2.24, 2.45) is 15.4 Å². The number of esters is 1. The first kappa shape index (κ1) is 16.3. The Morgan fingerprint density at radius 1 is 1.35 bits per heavy atom. The van der Waals surface area contributed by atoms with Gasteiger partial charge in [0.05, 0.1) is 11.5 Å². The Labute approximate surface area is 118 Å². The van der Waals surface area contributed by atoms with Crippen LogP contribution in [0.2, 0.25) is 0 Å². The highest BCUT2D eigenvalue weighted by molar-refractivity contribution is 6.17. The summed E-state index contributed by atoms with van der Waals surface area (Å²) >= 11 is 0. The summed E-state index contributed by atoms with van der Waals surface area (Å²) in [5, 5.41) is 11.6. The second-order valence-corrected chi connectivity index (χ2v) is 4.71. The van der Waals surface area contributed by atoms with Crippen molar-refractivity contribution in [3.8, 4) is 0 Å². The summed E-state index contributed by atoms with van der Waals surface area (Å²) in [6, 6.07) is 0. The first-order chi connectivity index (χ1) is 9.50. The number of carbonyl (C=O) groups excluding carboxylic acids is 1. The van der Waals surface area contributed by atoms with Gasteiger partial charge in [-0.1, -0.05) is 26.7 Å². The van der Waals surface area contributed by atoms with Crippen molar-refractivity contribution in [1.29, 1.82) is 0 Å². The first-order valence-corrected chi connectivity index (χ1v) is 6.91. The van der Waals surface area contributed by atoms with Crippen LogP contribution in [0.3, 0.4) is 0 Å². The fraction of sp³-hybridized carbons (Fsp3) is 0.769. The predicted octanol–water partition coefficient (Wildman–Crippen LogP) is 2.22. The average Bonchev–Trinajstić information content (AvgIpc) is 2.91. The van der Waals surface area contributed by atoms with Crippen molar-refractivity contribution in [1.82, 2.24) is 0 Å². The lowest BCUT2D eigenvalue weighted by Crippen LogP contribution is -2.55. The minimum Gasteiger partial charge on any atom is -0.465 e. The van der Waals surface area contributed by atoms with E-state index in [4.69, 9.17) is 4.74 Å². The number of ether oxygens (including phenoxy) is 1. The Morgan fingerprint density at radius 3 is 2.35 bits per heavy atom. The molecule has 1 aliphatic rings. The van der Waals surface area contributed by atoms with Gasteiger partial charge < -0.3 is 4.74 Å². The van der Waals surface area contributed by atoms with Gasteiger partial charge in [-0.15, -0.1) is 0 Å². The molecule has 0 aromatic heterocycles. The van der Waals surface area contributed by atoms with Gasteiger partial charge in [-0.2, -0.15) is 9.98 Å². The Balaban J connectivity index is 3.33. The molecule has 7 nitrogen and oxygen atoms in total. The van der Waals surface area contributed by atoms with Crippen molar-refractivity contribution in [3.63, 3.8) is 0 Å². The van der Waals surface area contributed by atoms with Crippen LogP contribution in [-0.2, 0) is 9.53 Å². The summed E-state index contributed by atoms with van der Waals surface area (Å²) in [7, 11) is 0. The molecule has 0 radical (unpaired) electrons. The highest BCUT2D eigenvalue weighted by Crippen LogP contribution is 2.46. The summed E-state index contributed by atoms with van der Waals surface area (Å²) in [5.41, 5.74) is -1.36. The van der Waals surface area contributed by atoms with E-state index in [1.165, 1.54) is 12.4 Å². The summed E-state index contributed by atoms with van der Waals surface area (Å²) in [6.07, 6.45) is 4.63. The summed E-state index contributed by atoms with van der Waals surface area (Å²) in [5.74, 6) is -2.58. The maximum atomic E-state index is 12.4. The predicted molar refractivity (Wildman–Crippen MR) is 75.6 cm³/mol. The van der Waals surface area contributed by atoms with Crippen LogP contribution >= 0.6 is 0 Å². The molecule has 0 amide bonds. The van der Waals surface area contributed by atoms with Crippen LogP contribution in [0, 0.1) is 15.5 Å². The largest absolute Gasteiger partial charge is 0.465 e. The molecule has 112 valence electrons. The molecule has 20 heavy (non-hydrogen) atoms. The van der Waals surface area contributed by atoms with E-state index in [-0.39, 0.29) is 13.0 Å². The van der Waals surface area contributed by atoms with Gasteiger partial charge in [0.25, 0.3) is 0 Å². The number of carbonyl (C=O) groups is 1. The van der Waals surface area contributed by atoms with Gasteiger partial charge in [-0.3, -0.25) is 14.9 Å². The lowest BCUT2D eigenvalue weighted by Gasteiger charge is -2.34. The summed E-state index contributed by atoms with van der Waals surface area (Å²) < 4.78 is 5.09. The highest BCUT2D eigenvalue weighted by Gasteiger charge is 2.67. The number of hydrogen-bond donors (Lipinski definition) is 0. The topological polar surface area (TPSA) is 94.2 Å². The monoisotopic (exact) mass is 283 g/mol. The Hall–Kier alpha value is -1.79. The first-order valence-electron chi connectivity index (χ1n) is 6.91. The molecule has 1 unspecified atom stereocenters. The zero-order valence-electron chi connectivity index (χ0n) is 12.2. The second kappa shape index (κ2) is 6.58. The molecular formula is C13H21N3O4. The van der Waals surface area contributed by atoms with Gasteiger partial charge in [0, 0.05) is 12.4 Å². The van der Waals surface area contributed by atoms with Gasteiger partial charge >= 0.3 is 11.8 Å². The van der Waals surface area contributed by atoms with Crippen molar-refractivity contribution < 1.29 is 14.5 Å². The number of hydrogen-bond acceptors (Lipinski definition) is 6. The Bertz CT molecular complexity index is 421. The molecule has 0 saturated carbocycles. The van der Waals surface area contributed by atoms with Crippen molar-refractivity contribution >= 4 is 18.4 Å². The Morgan fingerprint density at radius 2 is 1.95 bits per heavy atom. The number of nitro groups is 1. The standard InChI is InChI=1S/C13H21N3O4/c1-4-7-8-12(5-2,11(17)20-6-3)13(16(18)19)14-9-10-15-13/h9-10H,4-8H2,1-3H3. The van der Waals surface area contributed by atoms with Crippen LogP contribution in [0.5, 0.6) is 0 Å². The van der Waals surface area contributed by atoms with Crippen LogP contribution < -0.4 is 0 Å². The number of rotatable bonds is 8. The van der Waals surface area contributed by atoms with Gasteiger partial charge in [0.15, 0.2) is 5.41 Å². The molecule has 7 heteroatoms. The maximum absolute atomic E-state index is 12.4. The third-order valence-corrected chi connectivity index (χ3v) is 3.70. The maximum Gasteiger partial charge on any atom is 0.427 e.